The van der Waals surface area contributed by atoms with Crippen molar-refractivity contribution in [3.8, 4) is 11.3 Å². The first kappa shape index (κ1) is 19.7. The second-order valence-electron chi connectivity index (χ2n) is 7.34. The Bertz CT molecular complexity index is 945. The highest BCUT2D eigenvalue weighted by molar-refractivity contribution is 5.94. The fraction of sp³-hybridized carbons (Fsp3) is 0.364. The summed E-state index contributed by atoms with van der Waals surface area (Å²) in [5.41, 5.74) is 2.58. The molecule has 2 heterocycles. The number of hydrogen-bond donors (Lipinski definition) is 1. The zero-order chi connectivity index (χ0) is 20.1. The van der Waals surface area contributed by atoms with Gasteiger partial charge in [-0.05, 0) is 30.0 Å². The van der Waals surface area contributed by atoms with Crippen molar-refractivity contribution in [1.29, 1.82) is 0 Å². The molecule has 0 bridgehead atoms. The normalized spacial score (nSPS) is 11.1. The first-order valence-corrected chi connectivity index (χ1v) is 9.68. The molecule has 3 aromatic rings. The number of aromatic carboxylic acids is 1. The fourth-order valence-corrected chi connectivity index (χ4v) is 3.17. The average molecular weight is 378 g/mol. The second kappa shape index (κ2) is 8.78. The number of carboxylic acid groups (broad SMARTS) is 1. The van der Waals surface area contributed by atoms with E-state index in [4.69, 9.17) is 4.98 Å². The minimum atomic E-state index is -0.975. The average Bonchev–Trinajstić information content (AvgIpc) is 3.03. The molecule has 1 aromatic carbocycles. The van der Waals surface area contributed by atoms with Crippen molar-refractivity contribution in [3.05, 3.63) is 65.4 Å². The van der Waals surface area contributed by atoms with E-state index in [1.165, 1.54) is 0 Å². The van der Waals surface area contributed by atoms with Gasteiger partial charge in [-0.25, -0.2) is 14.5 Å². The number of benzene rings is 1. The lowest BCUT2D eigenvalue weighted by Gasteiger charge is -2.07. The molecule has 0 spiro atoms. The van der Waals surface area contributed by atoms with Crippen LogP contribution in [0.5, 0.6) is 0 Å². The van der Waals surface area contributed by atoms with Crippen molar-refractivity contribution in [2.24, 2.45) is 5.92 Å². The highest BCUT2D eigenvalue weighted by Gasteiger charge is 2.14. The zero-order valence-corrected chi connectivity index (χ0v) is 16.6. The molecule has 0 unspecified atom stereocenters. The molecular weight excluding hydrogens is 352 g/mol. The largest absolute Gasteiger partial charge is 0.478 e. The van der Waals surface area contributed by atoms with Crippen molar-refractivity contribution >= 4 is 5.97 Å². The minimum absolute atomic E-state index is 0.205. The van der Waals surface area contributed by atoms with E-state index in [1.807, 2.05) is 28.9 Å². The maximum atomic E-state index is 11.4. The Labute approximate surface area is 165 Å². The van der Waals surface area contributed by atoms with E-state index >= 15 is 0 Å². The van der Waals surface area contributed by atoms with Crippen LogP contribution >= 0.6 is 0 Å². The summed E-state index contributed by atoms with van der Waals surface area (Å²) in [6.45, 7) is 7.33. The molecule has 0 saturated carbocycles. The molecule has 0 aliphatic rings. The molecule has 3 rings (SSSR count). The molecule has 0 fully saturated rings. The number of hydrogen-bond acceptors (Lipinski definition) is 4. The lowest BCUT2D eigenvalue weighted by Crippen LogP contribution is -2.06. The highest BCUT2D eigenvalue weighted by atomic mass is 16.4. The first-order valence-electron chi connectivity index (χ1n) is 9.68. The van der Waals surface area contributed by atoms with Crippen LogP contribution in [-0.2, 0) is 19.4 Å². The molecule has 6 heteroatoms. The van der Waals surface area contributed by atoms with Crippen molar-refractivity contribution in [2.75, 3.05) is 0 Å². The lowest BCUT2D eigenvalue weighted by molar-refractivity contribution is 0.0697. The second-order valence-corrected chi connectivity index (χ2v) is 7.34. The molecule has 0 amide bonds. The third-order valence-electron chi connectivity index (χ3n) is 4.45. The zero-order valence-electron chi connectivity index (χ0n) is 16.6. The van der Waals surface area contributed by atoms with E-state index in [0.717, 1.165) is 42.2 Å². The molecule has 0 aliphatic heterocycles. The molecule has 0 aliphatic carbocycles. The molecule has 2 aromatic heterocycles. The van der Waals surface area contributed by atoms with E-state index in [-0.39, 0.29) is 5.56 Å². The molecule has 146 valence electrons. The van der Waals surface area contributed by atoms with Gasteiger partial charge in [0.25, 0.3) is 0 Å². The Balaban J connectivity index is 1.83. The van der Waals surface area contributed by atoms with Crippen LogP contribution in [-0.4, -0.2) is 30.8 Å². The SMILES string of the molecule is CCCn1nc(CC(C)C)nc1Cc1ccc(-c2ncccc2C(=O)O)cc1. The number of pyridine rings is 1. The highest BCUT2D eigenvalue weighted by Crippen LogP contribution is 2.22. The van der Waals surface area contributed by atoms with Gasteiger partial charge in [-0.1, -0.05) is 45.0 Å². The van der Waals surface area contributed by atoms with Crippen LogP contribution in [0.2, 0.25) is 0 Å². The van der Waals surface area contributed by atoms with Crippen LogP contribution in [0, 0.1) is 5.92 Å². The van der Waals surface area contributed by atoms with Crippen molar-refractivity contribution in [2.45, 2.75) is 46.6 Å². The van der Waals surface area contributed by atoms with Crippen LogP contribution in [0.1, 0.15) is 54.8 Å². The number of rotatable bonds is 8. The summed E-state index contributed by atoms with van der Waals surface area (Å²) in [6, 6.07) is 11.0. The van der Waals surface area contributed by atoms with Crippen LogP contribution in [0.3, 0.4) is 0 Å². The van der Waals surface area contributed by atoms with Gasteiger partial charge in [0, 0.05) is 31.1 Å². The number of aryl methyl sites for hydroxylation is 1. The quantitative estimate of drug-likeness (QED) is 0.634. The van der Waals surface area contributed by atoms with E-state index < -0.39 is 5.97 Å². The fourth-order valence-electron chi connectivity index (χ4n) is 3.17. The monoisotopic (exact) mass is 378 g/mol. The molecule has 0 atom stereocenters. The predicted octanol–water partition coefficient (Wildman–Crippen LogP) is 4.24. The van der Waals surface area contributed by atoms with Gasteiger partial charge in [0.1, 0.15) is 5.82 Å². The molecule has 6 nitrogen and oxygen atoms in total. The summed E-state index contributed by atoms with van der Waals surface area (Å²) in [5, 5.41) is 14.0. The smallest absolute Gasteiger partial charge is 0.337 e. The Hall–Kier alpha value is -3.02. The van der Waals surface area contributed by atoms with E-state index in [0.29, 0.717) is 18.0 Å². The Kier molecular flexibility index (Phi) is 6.19. The van der Waals surface area contributed by atoms with Gasteiger partial charge in [0.2, 0.25) is 0 Å². The number of carbonyl (C=O) groups is 1. The maximum Gasteiger partial charge on any atom is 0.337 e. The van der Waals surface area contributed by atoms with Crippen LogP contribution in [0.4, 0.5) is 0 Å². The summed E-state index contributed by atoms with van der Waals surface area (Å²) in [6.07, 6.45) is 4.19. The topological polar surface area (TPSA) is 80.9 Å². The predicted molar refractivity (Wildman–Crippen MR) is 108 cm³/mol. The van der Waals surface area contributed by atoms with E-state index in [2.05, 4.69) is 30.9 Å². The first-order chi connectivity index (χ1) is 13.5. The standard InChI is InChI=1S/C22H26N4O2/c1-4-12-26-20(24-19(25-26)13-15(2)3)14-16-7-9-17(10-8-16)21-18(22(27)28)6-5-11-23-21/h5-11,15H,4,12-14H2,1-3H3,(H,27,28). The maximum absolute atomic E-state index is 11.4. The van der Waals surface area contributed by atoms with E-state index in [9.17, 15) is 9.90 Å². The Morgan fingerprint density at radius 3 is 2.57 bits per heavy atom. The van der Waals surface area contributed by atoms with Crippen molar-refractivity contribution < 1.29 is 9.90 Å². The number of nitrogens with zero attached hydrogens (tertiary/aromatic N) is 4. The van der Waals surface area contributed by atoms with Gasteiger partial charge in [0.15, 0.2) is 5.82 Å². The summed E-state index contributed by atoms with van der Waals surface area (Å²) < 4.78 is 2.01. The third kappa shape index (κ3) is 4.63. The molecule has 0 radical (unpaired) electrons. The number of aromatic nitrogens is 4. The van der Waals surface area contributed by atoms with E-state index in [1.54, 1.807) is 18.3 Å². The summed E-state index contributed by atoms with van der Waals surface area (Å²) in [4.78, 5) is 20.4. The minimum Gasteiger partial charge on any atom is -0.478 e. The van der Waals surface area contributed by atoms with Crippen LogP contribution in [0.15, 0.2) is 42.6 Å². The summed E-state index contributed by atoms with van der Waals surface area (Å²) in [5.74, 6) is 1.41. The van der Waals surface area contributed by atoms with Gasteiger partial charge < -0.3 is 5.11 Å². The van der Waals surface area contributed by atoms with Crippen molar-refractivity contribution in [3.63, 3.8) is 0 Å². The Morgan fingerprint density at radius 1 is 1.18 bits per heavy atom. The Morgan fingerprint density at radius 2 is 1.93 bits per heavy atom. The molecule has 1 N–H and O–H groups in total. The third-order valence-corrected chi connectivity index (χ3v) is 4.45. The molecule has 0 saturated heterocycles. The van der Waals surface area contributed by atoms with Gasteiger partial charge in [-0.3, -0.25) is 4.98 Å². The molecular formula is C22H26N4O2. The van der Waals surface area contributed by atoms with Crippen LogP contribution < -0.4 is 0 Å². The van der Waals surface area contributed by atoms with Gasteiger partial charge in [-0.2, -0.15) is 5.10 Å². The summed E-state index contributed by atoms with van der Waals surface area (Å²) >= 11 is 0. The van der Waals surface area contributed by atoms with Gasteiger partial charge >= 0.3 is 5.97 Å². The number of carboxylic acids is 1. The van der Waals surface area contributed by atoms with Gasteiger partial charge in [-0.15, -0.1) is 0 Å². The molecule has 28 heavy (non-hydrogen) atoms. The summed E-state index contributed by atoms with van der Waals surface area (Å²) in [7, 11) is 0. The van der Waals surface area contributed by atoms with Crippen LogP contribution in [0.25, 0.3) is 11.3 Å². The van der Waals surface area contributed by atoms with Gasteiger partial charge in [0.05, 0.1) is 11.3 Å². The van der Waals surface area contributed by atoms with Crippen molar-refractivity contribution in [1.82, 2.24) is 19.7 Å². The lowest BCUT2D eigenvalue weighted by atomic mass is 10.0.